The van der Waals surface area contributed by atoms with Gasteiger partial charge in [0.1, 0.15) is 5.76 Å². The van der Waals surface area contributed by atoms with Crippen LogP contribution >= 0.6 is 0 Å². The molecule has 1 aliphatic heterocycles. The van der Waals surface area contributed by atoms with E-state index in [0.717, 1.165) is 5.76 Å². The molecule has 1 aliphatic rings. The minimum atomic E-state index is -0.380. The van der Waals surface area contributed by atoms with Gasteiger partial charge in [0.25, 0.3) is 0 Å². The highest BCUT2D eigenvalue weighted by atomic mass is 16.5. The van der Waals surface area contributed by atoms with E-state index in [0.29, 0.717) is 19.8 Å². The number of hydrogen-bond acceptors (Lipinski definition) is 4. The quantitative estimate of drug-likeness (QED) is 0.765. The Bertz CT molecular complexity index is 273. The summed E-state index contributed by atoms with van der Waals surface area (Å²) >= 11 is 0. The molecule has 0 aliphatic carbocycles. The maximum atomic E-state index is 9.59. The third-order valence-electron chi connectivity index (χ3n) is 2.57. The zero-order valence-corrected chi connectivity index (χ0v) is 8.22. The first kappa shape index (κ1) is 9.71. The first-order valence-electron chi connectivity index (χ1n) is 4.76. The number of furan rings is 1. The molecular weight excluding hydrogens is 182 g/mol. The lowest BCUT2D eigenvalue weighted by Crippen LogP contribution is -2.39. The molecule has 0 saturated carbocycles. The van der Waals surface area contributed by atoms with Crippen molar-refractivity contribution >= 4 is 0 Å². The molecule has 0 aromatic carbocycles. The van der Waals surface area contributed by atoms with Gasteiger partial charge in [0.2, 0.25) is 0 Å². The SMILES string of the molecule is CN(Cc1ccco1)[C@@H]1COC[C@H]1O. The molecule has 0 spiro atoms. The lowest BCUT2D eigenvalue weighted by atomic mass is 10.2. The summed E-state index contributed by atoms with van der Waals surface area (Å²) in [6, 6.07) is 3.88. The normalized spacial score (nSPS) is 27.4. The fraction of sp³-hybridized carbons (Fsp3) is 0.600. The first-order chi connectivity index (χ1) is 6.77. The number of likely N-dealkylation sites (N-methyl/N-ethyl adjacent to an activating group) is 1. The van der Waals surface area contributed by atoms with E-state index in [4.69, 9.17) is 9.15 Å². The van der Waals surface area contributed by atoms with E-state index in [1.54, 1.807) is 6.26 Å². The maximum absolute atomic E-state index is 9.59. The van der Waals surface area contributed by atoms with Gasteiger partial charge >= 0.3 is 0 Å². The zero-order chi connectivity index (χ0) is 9.97. The van der Waals surface area contributed by atoms with E-state index in [9.17, 15) is 5.11 Å². The molecule has 1 fully saturated rings. The van der Waals surface area contributed by atoms with Crippen molar-refractivity contribution < 1.29 is 14.3 Å². The maximum Gasteiger partial charge on any atom is 0.117 e. The van der Waals surface area contributed by atoms with Gasteiger partial charge in [-0.2, -0.15) is 0 Å². The lowest BCUT2D eigenvalue weighted by Gasteiger charge is -2.24. The van der Waals surface area contributed by atoms with Gasteiger partial charge in [-0.15, -0.1) is 0 Å². The minimum absolute atomic E-state index is 0.0834. The molecular formula is C10H15NO3. The Morgan fingerprint density at radius 1 is 1.57 bits per heavy atom. The van der Waals surface area contributed by atoms with Crippen molar-refractivity contribution in [3.63, 3.8) is 0 Å². The van der Waals surface area contributed by atoms with Crippen LogP contribution in [0.5, 0.6) is 0 Å². The van der Waals surface area contributed by atoms with Crippen LogP contribution in [0.4, 0.5) is 0 Å². The van der Waals surface area contributed by atoms with E-state index in [1.807, 2.05) is 19.2 Å². The van der Waals surface area contributed by atoms with Crippen LogP contribution in [-0.4, -0.2) is 42.4 Å². The molecule has 0 radical (unpaired) electrons. The standard InChI is InChI=1S/C10H15NO3/c1-11(5-8-3-2-4-14-8)9-6-13-7-10(9)12/h2-4,9-10,12H,5-7H2,1H3/t9-,10-/m1/s1. The van der Waals surface area contributed by atoms with Crippen LogP contribution in [0.15, 0.2) is 22.8 Å². The topological polar surface area (TPSA) is 45.8 Å². The van der Waals surface area contributed by atoms with Crippen LogP contribution in [0.2, 0.25) is 0 Å². The van der Waals surface area contributed by atoms with Crippen molar-refractivity contribution in [3.05, 3.63) is 24.2 Å². The van der Waals surface area contributed by atoms with Gasteiger partial charge in [-0.05, 0) is 19.2 Å². The molecule has 1 N–H and O–H groups in total. The summed E-state index contributed by atoms with van der Waals surface area (Å²) in [5, 5.41) is 9.59. The van der Waals surface area contributed by atoms with Crippen LogP contribution in [0, 0.1) is 0 Å². The third kappa shape index (κ3) is 1.97. The van der Waals surface area contributed by atoms with E-state index >= 15 is 0 Å². The van der Waals surface area contributed by atoms with Gasteiger partial charge in [-0.25, -0.2) is 0 Å². The fourth-order valence-electron chi connectivity index (χ4n) is 1.72. The zero-order valence-electron chi connectivity index (χ0n) is 8.22. The number of ether oxygens (including phenoxy) is 1. The molecule has 4 nitrogen and oxygen atoms in total. The minimum Gasteiger partial charge on any atom is -0.468 e. The molecule has 2 heterocycles. The molecule has 4 heteroatoms. The van der Waals surface area contributed by atoms with Gasteiger partial charge in [0.15, 0.2) is 0 Å². The van der Waals surface area contributed by atoms with Gasteiger partial charge in [0, 0.05) is 0 Å². The Morgan fingerprint density at radius 3 is 3.00 bits per heavy atom. The van der Waals surface area contributed by atoms with Crippen LogP contribution in [0.25, 0.3) is 0 Å². The summed E-state index contributed by atoms with van der Waals surface area (Å²) in [7, 11) is 1.96. The van der Waals surface area contributed by atoms with Crippen LogP contribution < -0.4 is 0 Å². The van der Waals surface area contributed by atoms with E-state index in [-0.39, 0.29) is 12.1 Å². The summed E-state index contributed by atoms with van der Waals surface area (Å²) < 4.78 is 10.4. The number of aliphatic hydroxyl groups is 1. The van der Waals surface area contributed by atoms with Gasteiger partial charge in [-0.3, -0.25) is 4.90 Å². The Morgan fingerprint density at radius 2 is 2.43 bits per heavy atom. The second-order valence-electron chi connectivity index (χ2n) is 3.67. The smallest absolute Gasteiger partial charge is 0.117 e. The summed E-state index contributed by atoms with van der Waals surface area (Å²) in [5.74, 6) is 0.909. The highest BCUT2D eigenvalue weighted by Gasteiger charge is 2.29. The van der Waals surface area contributed by atoms with E-state index < -0.39 is 0 Å². The number of nitrogens with zero attached hydrogens (tertiary/aromatic N) is 1. The molecule has 2 rings (SSSR count). The summed E-state index contributed by atoms with van der Waals surface area (Å²) in [4.78, 5) is 2.05. The summed E-state index contributed by atoms with van der Waals surface area (Å²) in [6.45, 7) is 1.74. The van der Waals surface area contributed by atoms with Crippen molar-refractivity contribution in [1.82, 2.24) is 4.90 Å². The van der Waals surface area contributed by atoms with Crippen LogP contribution in [-0.2, 0) is 11.3 Å². The average molecular weight is 197 g/mol. The number of aliphatic hydroxyl groups excluding tert-OH is 1. The molecule has 78 valence electrons. The highest BCUT2D eigenvalue weighted by Crippen LogP contribution is 2.14. The Labute approximate surface area is 83.1 Å². The Balaban J connectivity index is 1.92. The van der Waals surface area contributed by atoms with Crippen LogP contribution in [0.3, 0.4) is 0 Å². The van der Waals surface area contributed by atoms with Crippen molar-refractivity contribution in [2.24, 2.45) is 0 Å². The summed E-state index contributed by atoms with van der Waals surface area (Å²) in [5.41, 5.74) is 0. The summed E-state index contributed by atoms with van der Waals surface area (Å²) in [6.07, 6.45) is 1.28. The van der Waals surface area contributed by atoms with Gasteiger partial charge < -0.3 is 14.3 Å². The average Bonchev–Trinajstić information content (AvgIpc) is 2.75. The largest absolute Gasteiger partial charge is 0.468 e. The van der Waals surface area contributed by atoms with Crippen molar-refractivity contribution in [3.8, 4) is 0 Å². The predicted molar refractivity (Wildman–Crippen MR) is 50.8 cm³/mol. The monoisotopic (exact) mass is 197 g/mol. The van der Waals surface area contributed by atoms with Gasteiger partial charge in [-0.1, -0.05) is 0 Å². The molecule has 1 saturated heterocycles. The molecule has 2 atom stereocenters. The first-order valence-corrected chi connectivity index (χ1v) is 4.76. The molecule has 0 amide bonds. The molecule has 0 bridgehead atoms. The molecule has 1 aromatic rings. The molecule has 1 aromatic heterocycles. The Kier molecular flexibility index (Phi) is 2.86. The number of rotatable bonds is 3. The predicted octanol–water partition coefficient (Wildman–Crippen LogP) is 0.471. The Hall–Kier alpha value is -0.840. The van der Waals surface area contributed by atoms with E-state index in [1.165, 1.54) is 0 Å². The van der Waals surface area contributed by atoms with Crippen LogP contribution in [0.1, 0.15) is 5.76 Å². The van der Waals surface area contributed by atoms with Crippen molar-refractivity contribution in [2.75, 3.05) is 20.3 Å². The second kappa shape index (κ2) is 4.13. The lowest BCUT2D eigenvalue weighted by molar-refractivity contribution is 0.0893. The van der Waals surface area contributed by atoms with Gasteiger partial charge in [0.05, 0.1) is 38.2 Å². The second-order valence-corrected chi connectivity index (χ2v) is 3.67. The third-order valence-corrected chi connectivity index (χ3v) is 2.57. The highest BCUT2D eigenvalue weighted by molar-refractivity contribution is 4.98. The number of hydrogen-bond donors (Lipinski definition) is 1. The van der Waals surface area contributed by atoms with E-state index in [2.05, 4.69) is 4.90 Å². The van der Waals surface area contributed by atoms with Crippen molar-refractivity contribution in [2.45, 2.75) is 18.7 Å². The molecule has 14 heavy (non-hydrogen) atoms. The van der Waals surface area contributed by atoms with Crippen molar-refractivity contribution in [1.29, 1.82) is 0 Å². The fourth-order valence-corrected chi connectivity index (χ4v) is 1.72. The molecule has 0 unspecified atom stereocenters.